The van der Waals surface area contributed by atoms with Crippen molar-refractivity contribution in [2.45, 2.75) is 77.4 Å². The van der Waals surface area contributed by atoms with Crippen LogP contribution in [0.1, 0.15) is 54.0 Å². The molecule has 2 aromatic rings. The second-order valence-corrected chi connectivity index (χ2v) is 14.7. The number of nitrogens with zero attached hydrogens (tertiary/aromatic N) is 3. The number of benzene rings is 2. The van der Waals surface area contributed by atoms with Crippen molar-refractivity contribution in [3.05, 3.63) is 127 Å². The molecule has 222 valence electrons. The first-order valence-electron chi connectivity index (χ1n) is 15.1. The average Bonchev–Trinajstić information content (AvgIpc) is 3.50. The highest BCUT2D eigenvalue weighted by Crippen LogP contribution is 2.55. The molecule has 0 spiro atoms. The first kappa shape index (κ1) is 30.2. The number of fused-ring (bicyclic) bond motifs is 2. The summed E-state index contributed by atoms with van der Waals surface area (Å²) in [5.74, 6) is 0.731. The third-order valence-corrected chi connectivity index (χ3v) is 11.4. The molecular weight excluding hydrogens is 579 g/mol. The largest absolute Gasteiger partial charge is 0.491 e. The smallest absolute Gasteiger partial charge is 0.133 e. The molecule has 3 atom stereocenters. The second kappa shape index (κ2) is 12.3. The molecule has 6 rings (SSSR count). The molecule has 4 aliphatic rings. The number of hydrogen-bond acceptors (Lipinski definition) is 6. The van der Waals surface area contributed by atoms with Crippen LogP contribution in [0, 0.1) is 57.3 Å². The lowest BCUT2D eigenvalue weighted by atomic mass is 9.95. The molecular formula is C38H37N3OS2. The highest BCUT2D eigenvalue weighted by Gasteiger charge is 2.40. The summed E-state index contributed by atoms with van der Waals surface area (Å²) in [6.07, 6.45) is 13.3. The van der Waals surface area contributed by atoms with Crippen LogP contribution in [0.4, 0.5) is 11.4 Å². The van der Waals surface area contributed by atoms with E-state index in [2.05, 4.69) is 94.2 Å². The first-order valence-corrected chi connectivity index (χ1v) is 16.9. The molecule has 1 aliphatic carbocycles. The van der Waals surface area contributed by atoms with E-state index in [1.165, 1.54) is 54.7 Å². The Morgan fingerprint density at radius 1 is 0.886 bits per heavy atom. The topological polar surface area (TPSA) is 60.0 Å². The van der Waals surface area contributed by atoms with Gasteiger partial charge in [0.05, 0.1) is 11.4 Å². The van der Waals surface area contributed by atoms with Crippen molar-refractivity contribution in [1.82, 2.24) is 0 Å². The van der Waals surface area contributed by atoms with Crippen LogP contribution in [0.25, 0.3) is 0 Å². The van der Waals surface area contributed by atoms with E-state index in [1.54, 1.807) is 11.6 Å². The molecule has 3 heterocycles. The van der Waals surface area contributed by atoms with E-state index in [9.17, 15) is 10.5 Å². The minimum atomic E-state index is -0.179. The van der Waals surface area contributed by atoms with Crippen LogP contribution in [0.2, 0.25) is 0 Å². The Morgan fingerprint density at radius 2 is 1.57 bits per heavy atom. The zero-order chi connectivity index (χ0) is 31.1. The number of allylic oxidation sites excluding steroid dienone is 6. The highest BCUT2D eigenvalue weighted by atomic mass is 32.2. The molecule has 0 bridgehead atoms. The van der Waals surface area contributed by atoms with Crippen molar-refractivity contribution in [1.29, 1.82) is 10.5 Å². The van der Waals surface area contributed by atoms with Crippen LogP contribution in [-0.2, 0) is 4.74 Å². The maximum absolute atomic E-state index is 9.31. The molecule has 3 aliphatic heterocycles. The van der Waals surface area contributed by atoms with Crippen molar-refractivity contribution in [2.24, 2.45) is 0 Å². The van der Waals surface area contributed by atoms with Gasteiger partial charge in [0.2, 0.25) is 0 Å². The minimum absolute atomic E-state index is 0.166. The van der Waals surface area contributed by atoms with Crippen molar-refractivity contribution in [3.8, 4) is 12.1 Å². The standard InChI is InChI=1S/C38H37N3OS2/c1-22-11-23(2)15-31(14-22)41(37-25(4)12-24(3)13-26(37)5)30-7-10-34-35(18-30)44-36-19-33(43-38(34)36)9-8-32-17-28(16-27(6)42-32)29(20-39)21-40/h8-9,11-16,18-19,32,36,38H,7,10,17H2,1-6H3/b9-8+. The van der Waals surface area contributed by atoms with E-state index in [0.29, 0.717) is 16.9 Å². The fourth-order valence-electron chi connectivity index (χ4n) is 6.91. The Hall–Kier alpha value is -3.84. The van der Waals surface area contributed by atoms with Gasteiger partial charge in [-0.25, -0.2) is 0 Å². The Labute approximate surface area is 270 Å². The van der Waals surface area contributed by atoms with E-state index < -0.39 is 0 Å². The van der Waals surface area contributed by atoms with E-state index in [0.717, 1.165) is 24.2 Å². The third kappa shape index (κ3) is 5.94. The summed E-state index contributed by atoms with van der Waals surface area (Å²) in [7, 11) is 0. The summed E-state index contributed by atoms with van der Waals surface area (Å²) < 4.78 is 6.00. The second-order valence-electron chi connectivity index (χ2n) is 12.2. The van der Waals surface area contributed by atoms with E-state index >= 15 is 0 Å². The van der Waals surface area contributed by atoms with E-state index in [4.69, 9.17) is 4.74 Å². The molecule has 0 radical (unpaired) electrons. The van der Waals surface area contributed by atoms with Gasteiger partial charge in [-0.2, -0.15) is 10.5 Å². The summed E-state index contributed by atoms with van der Waals surface area (Å²) >= 11 is 3.95. The molecule has 44 heavy (non-hydrogen) atoms. The van der Waals surface area contributed by atoms with Crippen molar-refractivity contribution >= 4 is 34.9 Å². The van der Waals surface area contributed by atoms with Gasteiger partial charge in [0, 0.05) is 38.1 Å². The highest BCUT2D eigenvalue weighted by molar-refractivity contribution is 8.09. The Morgan fingerprint density at radius 3 is 2.25 bits per heavy atom. The number of hydrogen-bond donors (Lipinski definition) is 0. The number of ether oxygens (including phenoxy) is 1. The van der Waals surface area contributed by atoms with Crippen LogP contribution >= 0.6 is 23.5 Å². The number of thioether (sulfide) groups is 2. The predicted octanol–water partition coefficient (Wildman–Crippen LogP) is 10.0. The molecule has 3 unspecified atom stereocenters. The number of aryl methyl sites for hydroxylation is 5. The van der Waals surface area contributed by atoms with Crippen LogP contribution in [-0.4, -0.2) is 16.6 Å². The number of anilines is 2. The zero-order valence-electron chi connectivity index (χ0n) is 26.2. The van der Waals surface area contributed by atoms with Crippen LogP contribution in [0.15, 0.2) is 98.7 Å². The average molecular weight is 616 g/mol. The maximum Gasteiger partial charge on any atom is 0.133 e. The predicted molar refractivity (Wildman–Crippen MR) is 185 cm³/mol. The van der Waals surface area contributed by atoms with Gasteiger partial charge in [0.25, 0.3) is 0 Å². The Kier molecular flexibility index (Phi) is 8.42. The van der Waals surface area contributed by atoms with Crippen molar-refractivity contribution in [3.63, 3.8) is 0 Å². The monoisotopic (exact) mass is 615 g/mol. The SMILES string of the molecule is CC1=CC(=C(C#N)C#N)CC(/C=C/C2=CC3SC4=C(CCC(N(c5cc(C)cc(C)c5)c5c(C)cc(C)cc5C)=C4)C3S2)O1. The molecule has 0 N–H and O–H groups in total. The normalized spacial score (nSPS) is 22.4. The molecule has 2 aromatic carbocycles. The summed E-state index contributed by atoms with van der Waals surface area (Å²) in [6.45, 7) is 12.9. The summed E-state index contributed by atoms with van der Waals surface area (Å²) in [4.78, 5) is 5.21. The van der Waals surface area contributed by atoms with Crippen LogP contribution in [0.5, 0.6) is 0 Å². The van der Waals surface area contributed by atoms with Gasteiger partial charge in [-0.1, -0.05) is 29.8 Å². The van der Waals surface area contributed by atoms with Gasteiger partial charge in [0.15, 0.2) is 0 Å². The molecule has 0 aromatic heterocycles. The third-order valence-electron chi connectivity index (χ3n) is 8.53. The van der Waals surface area contributed by atoms with Gasteiger partial charge in [-0.3, -0.25) is 0 Å². The molecule has 0 amide bonds. The first-order chi connectivity index (χ1) is 21.1. The summed E-state index contributed by atoms with van der Waals surface area (Å²) in [5.41, 5.74) is 12.9. The van der Waals surface area contributed by atoms with Gasteiger partial charge in [-0.05, 0) is 124 Å². The van der Waals surface area contributed by atoms with Crippen LogP contribution < -0.4 is 4.90 Å². The molecule has 0 saturated carbocycles. The lowest BCUT2D eigenvalue weighted by Gasteiger charge is -2.33. The maximum atomic E-state index is 9.31. The van der Waals surface area contributed by atoms with Crippen LogP contribution in [0.3, 0.4) is 0 Å². The minimum Gasteiger partial charge on any atom is -0.491 e. The molecule has 0 saturated heterocycles. The molecule has 6 heteroatoms. The number of rotatable bonds is 5. The molecule has 0 fully saturated rings. The lowest BCUT2D eigenvalue weighted by molar-refractivity contribution is 0.147. The molecule has 4 nitrogen and oxygen atoms in total. The van der Waals surface area contributed by atoms with Crippen molar-refractivity contribution in [2.75, 3.05) is 4.90 Å². The van der Waals surface area contributed by atoms with Gasteiger partial charge in [-0.15, -0.1) is 23.5 Å². The van der Waals surface area contributed by atoms with Gasteiger partial charge in [0.1, 0.15) is 23.8 Å². The Balaban J connectivity index is 1.25. The van der Waals surface area contributed by atoms with Gasteiger partial charge < -0.3 is 9.64 Å². The lowest BCUT2D eigenvalue weighted by Crippen LogP contribution is -2.21. The summed E-state index contributed by atoms with van der Waals surface area (Å²) in [5, 5.41) is 19.5. The van der Waals surface area contributed by atoms with E-state index in [1.807, 2.05) is 42.6 Å². The van der Waals surface area contributed by atoms with Crippen molar-refractivity contribution < 1.29 is 4.74 Å². The fourth-order valence-corrected chi connectivity index (χ4v) is 10.1. The number of nitriles is 2. The quantitative estimate of drug-likeness (QED) is 0.312. The van der Waals surface area contributed by atoms with Gasteiger partial charge >= 0.3 is 0 Å². The van der Waals surface area contributed by atoms with E-state index in [-0.39, 0.29) is 11.7 Å². The summed E-state index contributed by atoms with van der Waals surface area (Å²) in [6, 6.07) is 15.5. The Bertz CT molecular complexity index is 1770. The zero-order valence-corrected chi connectivity index (χ0v) is 27.8. The fraction of sp³-hybridized carbons (Fsp3) is 0.316.